The lowest BCUT2D eigenvalue weighted by atomic mass is 10.0. The molecule has 0 spiro atoms. The molecule has 0 radical (unpaired) electrons. The first-order valence-corrected chi connectivity index (χ1v) is 6.43. The van der Waals surface area contributed by atoms with Gasteiger partial charge < -0.3 is 10.6 Å². The standard InChI is InChI=1S/C15H23N3/c1-11(2)14(17)8-9-18(4)15-12(3)6-5-7-13(15)10-16/h5-7,11,14H,8-9,17H2,1-4H3. The number of hydrogen-bond acceptors (Lipinski definition) is 3. The quantitative estimate of drug-likeness (QED) is 0.867. The molecule has 0 aliphatic heterocycles. The summed E-state index contributed by atoms with van der Waals surface area (Å²) >= 11 is 0. The molecule has 1 unspecified atom stereocenters. The van der Waals surface area contributed by atoms with Crippen molar-refractivity contribution in [2.45, 2.75) is 33.2 Å². The minimum Gasteiger partial charge on any atom is -0.373 e. The first-order valence-electron chi connectivity index (χ1n) is 6.43. The van der Waals surface area contributed by atoms with Crippen molar-refractivity contribution >= 4 is 5.69 Å². The topological polar surface area (TPSA) is 53.0 Å². The van der Waals surface area contributed by atoms with E-state index in [2.05, 4.69) is 24.8 Å². The van der Waals surface area contributed by atoms with E-state index in [0.717, 1.165) is 29.8 Å². The van der Waals surface area contributed by atoms with Crippen molar-refractivity contribution in [3.05, 3.63) is 29.3 Å². The smallest absolute Gasteiger partial charge is 0.101 e. The van der Waals surface area contributed by atoms with Crippen molar-refractivity contribution in [1.29, 1.82) is 5.26 Å². The highest BCUT2D eigenvalue weighted by molar-refractivity contribution is 5.63. The Morgan fingerprint density at radius 3 is 2.61 bits per heavy atom. The maximum Gasteiger partial charge on any atom is 0.101 e. The van der Waals surface area contributed by atoms with E-state index in [9.17, 15) is 0 Å². The van der Waals surface area contributed by atoms with Gasteiger partial charge in [-0.25, -0.2) is 0 Å². The molecule has 1 aromatic carbocycles. The molecule has 0 heterocycles. The van der Waals surface area contributed by atoms with Crippen LogP contribution in [0.15, 0.2) is 18.2 Å². The average molecular weight is 245 g/mol. The van der Waals surface area contributed by atoms with Crippen LogP contribution in [-0.2, 0) is 0 Å². The van der Waals surface area contributed by atoms with Crippen molar-refractivity contribution in [2.75, 3.05) is 18.5 Å². The first kappa shape index (κ1) is 14.5. The van der Waals surface area contributed by atoms with Crippen molar-refractivity contribution in [3.8, 4) is 6.07 Å². The summed E-state index contributed by atoms with van der Waals surface area (Å²) < 4.78 is 0. The van der Waals surface area contributed by atoms with E-state index in [4.69, 9.17) is 11.0 Å². The van der Waals surface area contributed by atoms with E-state index in [1.54, 1.807) is 0 Å². The molecule has 1 aromatic rings. The summed E-state index contributed by atoms with van der Waals surface area (Å²) in [6.45, 7) is 7.19. The van der Waals surface area contributed by atoms with Gasteiger partial charge in [-0.2, -0.15) is 5.26 Å². The molecule has 0 fully saturated rings. The molecule has 18 heavy (non-hydrogen) atoms. The zero-order valence-electron chi connectivity index (χ0n) is 11.8. The third kappa shape index (κ3) is 3.48. The lowest BCUT2D eigenvalue weighted by Crippen LogP contribution is -2.32. The number of benzene rings is 1. The van der Waals surface area contributed by atoms with E-state index in [-0.39, 0.29) is 6.04 Å². The molecule has 1 atom stereocenters. The Morgan fingerprint density at radius 2 is 2.06 bits per heavy atom. The van der Waals surface area contributed by atoms with Crippen LogP contribution in [0.2, 0.25) is 0 Å². The molecule has 0 saturated carbocycles. The number of nitrogens with zero attached hydrogens (tertiary/aromatic N) is 2. The third-order valence-corrected chi connectivity index (χ3v) is 3.39. The van der Waals surface area contributed by atoms with E-state index in [0.29, 0.717) is 5.92 Å². The van der Waals surface area contributed by atoms with Crippen LogP contribution in [0.3, 0.4) is 0 Å². The Bertz CT molecular complexity index is 432. The second kappa shape index (κ2) is 6.42. The van der Waals surface area contributed by atoms with Gasteiger partial charge in [0.25, 0.3) is 0 Å². The Balaban J connectivity index is 2.79. The average Bonchev–Trinajstić information content (AvgIpc) is 2.34. The molecular weight excluding hydrogens is 222 g/mol. The lowest BCUT2D eigenvalue weighted by Gasteiger charge is -2.25. The van der Waals surface area contributed by atoms with Gasteiger partial charge in [-0.1, -0.05) is 26.0 Å². The molecule has 98 valence electrons. The number of rotatable bonds is 5. The third-order valence-electron chi connectivity index (χ3n) is 3.39. The van der Waals surface area contributed by atoms with Gasteiger partial charge in [0.1, 0.15) is 6.07 Å². The Kier molecular flexibility index (Phi) is 5.18. The summed E-state index contributed by atoms with van der Waals surface area (Å²) in [4.78, 5) is 2.14. The van der Waals surface area contributed by atoms with Crippen LogP contribution < -0.4 is 10.6 Å². The fourth-order valence-corrected chi connectivity index (χ4v) is 2.04. The molecule has 0 bridgehead atoms. The van der Waals surface area contributed by atoms with Crippen molar-refractivity contribution in [3.63, 3.8) is 0 Å². The summed E-state index contributed by atoms with van der Waals surface area (Å²) in [5.74, 6) is 0.491. The van der Waals surface area contributed by atoms with E-state index in [1.807, 2.05) is 32.2 Å². The fraction of sp³-hybridized carbons (Fsp3) is 0.533. The predicted octanol–water partition coefficient (Wildman–Crippen LogP) is 2.68. The van der Waals surface area contributed by atoms with Crippen LogP contribution in [0, 0.1) is 24.2 Å². The van der Waals surface area contributed by atoms with Gasteiger partial charge in [0.15, 0.2) is 0 Å². The van der Waals surface area contributed by atoms with Crippen molar-refractivity contribution in [2.24, 2.45) is 11.7 Å². The Hall–Kier alpha value is -1.53. The zero-order chi connectivity index (χ0) is 13.7. The molecule has 0 aromatic heterocycles. The van der Waals surface area contributed by atoms with Gasteiger partial charge in [-0.15, -0.1) is 0 Å². The number of aryl methyl sites for hydroxylation is 1. The molecule has 0 aliphatic rings. The van der Waals surface area contributed by atoms with Crippen LogP contribution in [0.1, 0.15) is 31.4 Å². The largest absolute Gasteiger partial charge is 0.373 e. The highest BCUT2D eigenvalue weighted by Crippen LogP contribution is 2.23. The van der Waals surface area contributed by atoms with E-state index >= 15 is 0 Å². The summed E-state index contributed by atoms with van der Waals surface area (Å²) in [6, 6.07) is 8.29. The van der Waals surface area contributed by atoms with Gasteiger partial charge in [-0.05, 0) is 30.9 Å². The number of anilines is 1. The number of nitrogens with two attached hydrogens (primary N) is 1. The zero-order valence-corrected chi connectivity index (χ0v) is 11.8. The van der Waals surface area contributed by atoms with Crippen LogP contribution in [0.5, 0.6) is 0 Å². The molecule has 0 amide bonds. The van der Waals surface area contributed by atoms with Crippen LogP contribution in [0.4, 0.5) is 5.69 Å². The van der Waals surface area contributed by atoms with Crippen LogP contribution in [0.25, 0.3) is 0 Å². The normalized spacial score (nSPS) is 12.3. The lowest BCUT2D eigenvalue weighted by molar-refractivity contribution is 0.466. The summed E-state index contributed by atoms with van der Waals surface area (Å²) in [6.07, 6.45) is 0.938. The Labute approximate surface area is 110 Å². The molecule has 0 saturated heterocycles. The minimum absolute atomic E-state index is 0.210. The molecule has 3 heteroatoms. The monoisotopic (exact) mass is 245 g/mol. The summed E-state index contributed by atoms with van der Waals surface area (Å²) in [7, 11) is 2.02. The summed E-state index contributed by atoms with van der Waals surface area (Å²) in [5, 5.41) is 9.16. The van der Waals surface area contributed by atoms with Gasteiger partial charge in [0.05, 0.1) is 11.3 Å². The molecular formula is C15H23N3. The highest BCUT2D eigenvalue weighted by atomic mass is 15.1. The summed E-state index contributed by atoms with van der Waals surface area (Å²) in [5.41, 5.74) is 8.95. The molecule has 0 aliphatic carbocycles. The van der Waals surface area contributed by atoms with Crippen LogP contribution in [-0.4, -0.2) is 19.6 Å². The van der Waals surface area contributed by atoms with E-state index < -0.39 is 0 Å². The molecule has 2 N–H and O–H groups in total. The van der Waals surface area contributed by atoms with Gasteiger partial charge in [0, 0.05) is 19.6 Å². The van der Waals surface area contributed by atoms with Gasteiger partial charge in [0.2, 0.25) is 0 Å². The predicted molar refractivity (Wildman–Crippen MR) is 76.6 cm³/mol. The van der Waals surface area contributed by atoms with Crippen LogP contribution >= 0.6 is 0 Å². The van der Waals surface area contributed by atoms with Crippen molar-refractivity contribution < 1.29 is 0 Å². The number of nitriles is 1. The van der Waals surface area contributed by atoms with Gasteiger partial charge >= 0.3 is 0 Å². The maximum absolute atomic E-state index is 9.16. The highest BCUT2D eigenvalue weighted by Gasteiger charge is 2.13. The first-order chi connectivity index (χ1) is 8.47. The molecule has 3 nitrogen and oxygen atoms in total. The second-order valence-electron chi connectivity index (χ2n) is 5.20. The van der Waals surface area contributed by atoms with Crippen molar-refractivity contribution in [1.82, 2.24) is 0 Å². The number of hydrogen-bond donors (Lipinski definition) is 1. The minimum atomic E-state index is 0.210. The molecule has 1 rings (SSSR count). The Morgan fingerprint density at radius 1 is 1.39 bits per heavy atom. The SMILES string of the molecule is Cc1cccc(C#N)c1N(C)CCC(N)C(C)C. The number of para-hydroxylation sites is 1. The van der Waals surface area contributed by atoms with E-state index in [1.165, 1.54) is 0 Å². The fourth-order valence-electron chi connectivity index (χ4n) is 2.04. The maximum atomic E-state index is 9.16. The second-order valence-corrected chi connectivity index (χ2v) is 5.20. The van der Waals surface area contributed by atoms with Gasteiger partial charge in [-0.3, -0.25) is 0 Å².